The van der Waals surface area contributed by atoms with Gasteiger partial charge in [-0.05, 0) is 55.5 Å². The lowest BCUT2D eigenvalue weighted by atomic mass is 9.87. The van der Waals surface area contributed by atoms with Crippen LogP contribution < -0.4 is 9.64 Å². The Bertz CT molecular complexity index is 1250. The van der Waals surface area contributed by atoms with Crippen molar-refractivity contribution >= 4 is 27.3 Å². The second kappa shape index (κ2) is 8.76. The first-order chi connectivity index (χ1) is 15.3. The highest BCUT2D eigenvalue weighted by Gasteiger charge is 2.33. The second-order valence-corrected chi connectivity index (χ2v) is 9.53. The Balaban J connectivity index is 1.75. The Morgan fingerprint density at radius 2 is 1.81 bits per heavy atom. The van der Waals surface area contributed by atoms with Crippen LogP contribution in [0.2, 0.25) is 0 Å². The summed E-state index contributed by atoms with van der Waals surface area (Å²) in [6.45, 7) is 4.21. The number of benzene rings is 2. The molecule has 0 aromatic heterocycles. The van der Waals surface area contributed by atoms with Gasteiger partial charge in [0, 0.05) is 23.5 Å². The van der Waals surface area contributed by atoms with Gasteiger partial charge in [-0.25, -0.2) is 4.79 Å². The van der Waals surface area contributed by atoms with E-state index in [-0.39, 0.29) is 12.2 Å². The van der Waals surface area contributed by atoms with E-state index in [2.05, 4.69) is 0 Å². The summed E-state index contributed by atoms with van der Waals surface area (Å²) in [4.78, 5) is 15.5. The van der Waals surface area contributed by atoms with Crippen LogP contribution >= 0.6 is 0 Å². The van der Waals surface area contributed by atoms with Crippen LogP contribution in [0.5, 0.6) is 5.75 Å². The molecule has 7 heteroatoms. The average molecular weight is 452 g/mol. The molecule has 0 atom stereocenters. The van der Waals surface area contributed by atoms with Crippen molar-refractivity contribution in [2.75, 3.05) is 17.2 Å². The number of fused-ring (bicyclic) bond motifs is 2. The molecule has 2 aliphatic rings. The van der Waals surface area contributed by atoms with Crippen molar-refractivity contribution in [2.45, 2.75) is 26.7 Å². The number of carbonyl (C=O) groups excluding carboxylic acids is 1. The van der Waals surface area contributed by atoms with Gasteiger partial charge in [0.25, 0.3) is 10.1 Å². The molecule has 2 aromatic carbocycles. The van der Waals surface area contributed by atoms with Gasteiger partial charge < -0.3 is 9.64 Å². The van der Waals surface area contributed by atoms with Crippen LogP contribution in [0.3, 0.4) is 0 Å². The molecule has 0 saturated heterocycles. The van der Waals surface area contributed by atoms with Gasteiger partial charge in [0.05, 0.1) is 11.3 Å². The minimum Gasteiger partial charge on any atom is -0.422 e. The number of carbonyl (C=O) groups is 1. The third kappa shape index (κ3) is 4.40. The smallest absolute Gasteiger partial charge is 0.344 e. The summed E-state index contributed by atoms with van der Waals surface area (Å²) in [5.74, 6) is -0.172. The molecule has 1 aliphatic heterocycles. The molecule has 0 unspecified atom stereocenters. The van der Waals surface area contributed by atoms with Gasteiger partial charge in [-0.2, -0.15) is 8.42 Å². The Morgan fingerprint density at radius 3 is 2.53 bits per heavy atom. The lowest BCUT2D eigenvalue weighted by Gasteiger charge is -2.37. The maximum absolute atomic E-state index is 13.5. The first kappa shape index (κ1) is 22.0. The average Bonchev–Trinajstić information content (AvgIpc) is 2.75. The number of nitrogens with zero attached hydrogens (tertiary/aromatic N) is 1. The molecule has 0 bridgehead atoms. The summed E-state index contributed by atoms with van der Waals surface area (Å²) in [7, 11) is -4.04. The fraction of sp³-hybridized carbons (Fsp3) is 0.240. The van der Waals surface area contributed by atoms with Crippen LogP contribution in [0.25, 0.3) is 5.57 Å². The molecule has 0 spiro atoms. The van der Waals surface area contributed by atoms with Crippen LogP contribution in [-0.4, -0.2) is 31.2 Å². The molecule has 6 nitrogen and oxygen atoms in total. The van der Waals surface area contributed by atoms with E-state index in [0.717, 1.165) is 33.6 Å². The predicted molar refractivity (Wildman–Crippen MR) is 125 cm³/mol. The molecule has 166 valence electrons. The van der Waals surface area contributed by atoms with E-state index < -0.39 is 16.1 Å². The monoisotopic (exact) mass is 451 g/mol. The van der Waals surface area contributed by atoms with Crippen molar-refractivity contribution in [1.29, 1.82) is 0 Å². The number of para-hydroxylation sites is 2. The molecular formula is C25H25NO5S. The maximum Gasteiger partial charge on any atom is 0.344 e. The first-order valence-electron chi connectivity index (χ1n) is 10.5. The highest BCUT2D eigenvalue weighted by atomic mass is 32.2. The number of anilines is 1. The minimum absolute atomic E-state index is 0.254. The van der Waals surface area contributed by atoms with Gasteiger partial charge in [-0.3, -0.25) is 4.55 Å². The molecule has 0 fully saturated rings. The molecule has 1 aliphatic carbocycles. The maximum atomic E-state index is 13.5. The topological polar surface area (TPSA) is 83.9 Å². The van der Waals surface area contributed by atoms with Gasteiger partial charge in [0.2, 0.25) is 0 Å². The molecular weight excluding hydrogens is 426 g/mol. The second-order valence-electron chi connectivity index (χ2n) is 7.96. The van der Waals surface area contributed by atoms with Crippen molar-refractivity contribution in [3.63, 3.8) is 0 Å². The van der Waals surface area contributed by atoms with E-state index in [4.69, 9.17) is 9.29 Å². The molecule has 0 radical (unpaired) electrons. The Morgan fingerprint density at radius 1 is 1.09 bits per heavy atom. The quantitative estimate of drug-likeness (QED) is 0.392. The number of aryl methyl sites for hydroxylation is 2. The minimum atomic E-state index is -4.04. The lowest BCUT2D eigenvalue weighted by Crippen LogP contribution is -2.32. The fourth-order valence-corrected chi connectivity index (χ4v) is 4.72. The van der Waals surface area contributed by atoms with Crippen LogP contribution in [0.15, 0.2) is 72.0 Å². The first-order valence-corrected chi connectivity index (χ1v) is 12.1. The fourth-order valence-electron chi connectivity index (χ4n) is 4.23. The zero-order valence-electron chi connectivity index (χ0n) is 18.0. The van der Waals surface area contributed by atoms with E-state index in [1.165, 1.54) is 0 Å². The zero-order chi connectivity index (χ0) is 22.9. The molecule has 4 rings (SSSR count). The van der Waals surface area contributed by atoms with E-state index >= 15 is 0 Å². The third-order valence-electron chi connectivity index (χ3n) is 5.67. The summed E-state index contributed by atoms with van der Waals surface area (Å²) in [6, 6.07) is 13.3. The van der Waals surface area contributed by atoms with E-state index in [1.54, 1.807) is 0 Å². The summed E-state index contributed by atoms with van der Waals surface area (Å²) in [5, 5.41) is 0. The summed E-state index contributed by atoms with van der Waals surface area (Å²) in [6.07, 6.45) is 6.65. The van der Waals surface area contributed by atoms with E-state index in [1.807, 2.05) is 79.4 Å². The van der Waals surface area contributed by atoms with Crippen molar-refractivity contribution < 1.29 is 22.5 Å². The van der Waals surface area contributed by atoms with Gasteiger partial charge in [0.1, 0.15) is 5.75 Å². The number of allylic oxidation sites excluding steroid dienone is 4. The SMILES string of the molecule is Cc1cccc(C)c1OC(=O)C1=C2CC=CC=C2N(CCCS(=O)(=O)O)c2ccccc21. The zero-order valence-corrected chi connectivity index (χ0v) is 18.9. The highest BCUT2D eigenvalue weighted by molar-refractivity contribution is 7.85. The number of rotatable bonds is 6. The van der Waals surface area contributed by atoms with E-state index in [9.17, 15) is 13.2 Å². The summed E-state index contributed by atoms with van der Waals surface area (Å²) in [5.41, 5.74) is 5.53. The Labute approximate surface area is 188 Å². The van der Waals surface area contributed by atoms with Gasteiger partial charge in [0.15, 0.2) is 0 Å². The molecule has 32 heavy (non-hydrogen) atoms. The highest BCUT2D eigenvalue weighted by Crippen LogP contribution is 2.43. The van der Waals surface area contributed by atoms with Crippen molar-refractivity contribution in [2.24, 2.45) is 0 Å². The van der Waals surface area contributed by atoms with Crippen molar-refractivity contribution in [3.05, 3.63) is 88.7 Å². The summed E-state index contributed by atoms with van der Waals surface area (Å²) < 4.78 is 37.5. The van der Waals surface area contributed by atoms with Crippen molar-refractivity contribution in [1.82, 2.24) is 0 Å². The van der Waals surface area contributed by atoms with Crippen LogP contribution in [0.1, 0.15) is 29.5 Å². The Kier molecular flexibility index (Phi) is 6.04. The predicted octanol–water partition coefficient (Wildman–Crippen LogP) is 4.60. The number of hydrogen-bond acceptors (Lipinski definition) is 5. The Hall–Kier alpha value is -3.16. The molecule has 2 aromatic rings. The molecule has 0 amide bonds. The van der Waals surface area contributed by atoms with Gasteiger partial charge >= 0.3 is 5.97 Å². The van der Waals surface area contributed by atoms with Gasteiger partial charge in [-0.1, -0.05) is 48.6 Å². The third-order valence-corrected chi connectivity index (χ3v) is 6.47. The largest absolute Gasteiger partial charge is 0.422 e. The lowest BCUT2D eigenvalue weighted by molar-refractivity contribution is -0.128. The molecule has 0 saturated carbocycles. The normalized spacial score (nSPS) is 15.2. The number of ether oxygens (including phenoxy) is 1. The van der Waals surface area contributed by atoms with Crippen molar-refractivity contribution in [3.8, 4) is 5.75 Å². The summed E-state index contributed by atoms with van der Waals surface area (Å²) >= 11 is 0. The molecule has 1 N–H and O–H groups in total. The van der Waals surface area contributed by atoms with Crippen LogP contribution in [0.4, 0.5) is 5.69 Å². The van der Waals surface area contributed by atoms with Gasteiger partial charge in [-0.15, -0.1) is 0 Å². The molecule has 1 heterocycles. The standard InChI is InChI=1S/C25H25NO5S/c1-17-9-7-10-18(2)24(17)31-25(27)23-19-11-3-5-13-21(19)26(15-8-16-32(28,29)30)22-14-6-4-12-20(22)23/h3-7,9-11,13-14H,8,12,15-16H2,1-2H3,(H,28,29,30). The van der Waals surface area contributed by atoms with Crippen LogP contribution in [0, 0.1) is 13.8 Å². The number of esters is 1. The number of hydrogen-bond donors (Lipinski definition) is 1. The van der Waals surface area contributed by atoms with Crippen LogP contribution in [-0.2, 0) is 14.9 Å². The van der Waals surface area contributed by atoms with E-state index in [0.29, 0.717) is 24.3 Å².